The Hall–Kier alpha value is -1.79. The predicted octanol–water partition coefficient (Wildman–Crippen LogP) is 3.59. The fraction of sp³-hybridized carbons (Fsp3) is 0.708. The van der Waals surface area contributed by atoms with Gasteiger partial charge in [-0.25, -0.2) is 0 Å². The molecule has 6 heteroatoms. The summed E-state index contributed by atoms with van der Waals surface area (Å²) in [6.45, 7) is 13.7. The molecule has 0 aliphatic carbocycles. The number of hydrogen-bond acceptors (Lipinski definition) is 4. The number of nitrogens with one attached hydrogen (secondary N) is 2. The zero-order valence-electron chi connectivity index (χ0n) is 19.5. The number of nitrogens with zero attached hydrogens (tertiary/aromatic N) is 2. The van der Waals surface area contributed by atoms with E-state index in [4.69, 9.17) is 9.47 Å². The summed E-state index contributed by atoms with van der Waals surface area (Å²) in [6, 6.07) is 6.32. The average Bonchev–Trinajstić information content (AvgIpc) is 2.74. The number of unbranched alkanes of at least 4 members (excludes halogenated alkanes) is 1. The van der Waals surface area contributed by atoms with Crippen LogP contribution >= 0.6 is 0 Å². The standard InChI is InChI=1S/C24H42N4O2/c1-5-29-15-16-30-23-17-20(2)10-11-22(23)18-27-24(25-4)26-12-6-7-13-28-14-8-9-21(3)19-28/h10-11,17,21H,5-9,12-16,18-19H2,1-4H3,(H2,25,26,27). The van der Waals surface area contributed by atoms with Crippen LogP contribution < -0.4 is 15.4 Å². The normalized spacial score (nSPS) is 17.7. The van der Waals surface area contributed by atoms with E-state index in [2.05, 4.69) is 52.6 Å². The van der Waals surface area contributed by atoms with Gasteiger partial charge in [0, 0.05) is 38.9 Å². The van der Waals surface area contributed by atoms with E-state index in [1.807, 2.05) is 14.0 Å². The van der Waals surface area contributed by atoms with Crippen molar-refractivity contribution in [2.75, 3.05) is 53.0 Å². The van der Waals surface area contributed by atoms with E-state index in [9.17, 15) is 0 Å². The Morgan fingerprint density at radius 1 is 1.23 bits per heavy atom. The largest absolute Gasteiger partial charge is 0.491 e. The van der Waals surface area contributed by atoms with Crippen molar-refractivity contribution < 1.29 is 9.47 Å². The molecule has 0 aromatic heterocycles. The second-order valence-corrected chi connectivity index (χ2v) is 8.26. The molecule has 0 radical (unpaired) electrons. The number of rotatable bonds is 12. The molecule has 6 nitrogen and oxygen atoms in total. The van der Waals surface area contributed by atoms with Gasteiger partial charge < -0.3 is 25.0 Å². The first kappa shape index (κ1) is 24.5. The van der Waals surface area contributed by atoms with Crippen LogP contribution in [0.25, 0.3) is 0 Å². The highest BCUT2D eigenvalue weighted by atomic mass is 16.5. The number of piperidine rings is 1. The lowest BCUT2D eigenvalue weighted by Gasteiger charge is -2.30. The molecule has 1 aromatic rings. The zero-order valence-corrected chi connectivity index (χ0v) is 19.5. The summed E-state index contributed by atoms with van der Waals surface area (Å²) in [5.41, 5.74) is 2.31. The molecule has 30 heavy (non-hydrogen) atoms. The number of likely N-dealkylation sites (tertiary alicyclic amines) is 1. The highest BCUT2D eigenvalue weighted by molar-refractivity contribution is 5.79. The third kappa shape index (κ3) is 9.35. The van der Waals surface area contributed by atoms with Crippen molar-refractivity contribution in [3.8, 4) is 5.75 Å². The number of aryl methyl sites for hydroxylation is 1. The first-order valence-electron chi connectivity index (χ1n) is 11.6. The van der Waals surface area contributed by atoms with E-state index >= 15 is 0 Å². The van der Waals surface area contributed by atoms with Gasteiger partial charge in [0.15, 0.2) is 5.96 Å². The first-order chi connectivity index (χ1) is 14.6. The minimum atomic E-state index is 0.563. The van der Waals surface area contributed by atoms with E-state index in [0.29, 0.717) is 26.4 Å². The van der Waals surface area contributed by atoms with Crippen LogP contribution in [-0.4, -0.2) is 63.9 Å². The molecule has 1 aromatic carbocycles. The van der Waals surface area contributed by atoms with Gasteiger partial charge in [-0.05, 0) is 70.2 Å². The van der Waals surface area contributed by atoms with Gasteiger partial charge in [-0.15, -0.1) is 0 Å². The van der Waals surface area contributed by atoms with Crippen LogP contribution in [-0.2, 0) is 11.3 Å². The minimum absolute atomic E-state index is 0.563. The summed E-state index contributed by atoms with van der Waals surface area (Å²) in [5, 5.41) is 6.85. The number of guanidine groups is 1. The minimum Gasteiger partial charge on any atom is -0.491 e. The summed E-state index contributed by atoms with van der Waals surface area (Å²) in [5.74, 6) is 2.60. The first-order valence-corrected chi connectivity index (χ1v) is 11.6. The monoisotopic (exact) mass is 418 g/mol. The molecule has 0 amide bonds. The molecule has 0 bridgehead atoms. The molecule has 1 atom stereocenters. The lowest BCUT2D eigenvalue weighted by molar-refractivity contribution is 0.110. The highest BCUT2D eigenvalue weighted by Crippen LogP contribution is 2.20. The fourth-order valence-electron chi connectivity index (χ4n) is 3.85. The third-order valence-electron chi connectivity index (χ3n) is 5.52. The highest BCUT2D eigenvalue weighted by Gasteiger charge is 2.15. The molecule has 1 aliphatic rings. The quantitative estimate of drug-likeness (QED) is 0.309. The Labute approximate surface area is 183 Å². The molecule has 0 spiro atoms. The zero-order chi connectivity index (χ0) is 21.6. The van der Waals surface area contributed by atoms with E-state index in [-0.39, 0.29) is 0 Å². The topological polar surface area (TPSA) is 58.1 Å². The smallest absolute Gasteiger partial charge is 0.191 e. The van der Waals surface area contributed by atoms with Crippen molar-refractivity contribution in [1.82, 2.24) is 15.5 Å². The van der Waals surface area contributed by atoms with Crippen molar-refractivity contribution in [3.05, 3.63) is 29.3 Å². The van der Waals surface area contributed by atoms with Gasteiger partial charge in [-0.1, -0.05) is 19.1 Å². The number of aliphatic imine (C=N–C) groups is 1. The second-order valence-electron chi connectivity index (χ2n) is 8.26. The lowest BCUT2D eigenvalue weighted by atomic mass is 10.0. The van der Waals surface area contributed by atoms with Crippen LogP contribution in [0, 0.1) is 12.8 Å². The molecular weight excluding hydrogens is 376 g/mol. The van der Waals surface area contributed by atoms with E-state index in [0.717, 1.165) is 36.2 Å². The molecule has 1 heterocycles. The van der Waals surface area contributed by atoms with E-state index in [1.54, 1.807) is 0 Å². The van der Waals surface area contributed by atoms with E-state index < -0.39 is 0 Å². The van der Waals surface area contributed by atoms with Crippen molar-refractivity contribution in [2.45, 2.75) is 53.0 Å². The molecule has 1 fully saturated rings. The lowest BCUT2D eigenvalue weighted by Crippen LogP contribution is -2.38. The summed E-state index contributed by atoms with van der Waals surface area (Å²) in [4.78, 5) is 6.97. The maximum absolute atomic E-state index is 5.93. The van der Waals surface area contributed by atoms with Gasteiger partial charge in [0.2, 0.25) is 0 Å². The van der Waals surface area contributed by atoms with Gasteiger partial charge in [0.25, 0.3) is 0 Å². The van der Waals surface area contributed by atoms with Crippen LogP contribution in [0.5, 0.6) is 5.75 Å². The van der Waals surface area contributed by atoms with Crippen LogP contribution in [0.1, 0.15) is 50.7 Å². The summed E-state index contributed by atoms with van der Waals surface area (Å²) >= 11 is 0. The average molecular weight is 419 g/mol. The molecule has 170 valence electrons. The maximum atomic E-state index is 5.93. The Morgan fingerprint density at radius 2 is 2.10 bits per heavy atom. The second kappa shape index (κ2) is 14.3. The molecule has 0 saturated carbocycles. The van der Waals surface area contributed by atoms with Crippen LogP contribution in [0.15, 0.2) is 23.2 Å². The molecule has 2 rings (SSSR count). The molecule has 2 N–H and O–H groups in total. The SMILES string of the molecule is CCOCCOc1cc(C)ccc1CNC(=NC)NCCCCN1CCCC(C)C1. The number of benzene rings is 1. The van der Waals surface area contributed by atoms with Crippen LogP contribution in [0.2, 0.25) is 0 Å². The number of hydrogen-bond donors (Lipinski definition) is 2. The summed E-state index contributed by atoms with van der Waals surface area (Å²) < 4.78 is 11.3. The van der Waals surface area contributed by atoms with Gasteiger partial charge in [0.05, 0.1) is 6.61 Å². The van der Waals surface area contributed by atoms with Crippen molar-refractivity contribution in [3.63, 3.8) is 0 Å². The van der Waals surface area contributed by atoms with Gasteiger partial charge in [-0.2, -0.15) is 0 Å². The summed E-state index contributed by atoms with van der Waals surface area (Å²) in [6.07, 6.45) is 5.13. The fourth-order valence-corrected chi connectivity index (χ4v) is 3.85. The maximum Gasteiger partial charge on any atom is 0.191 e. The van der Waals surface area contributed by atoms with Crippen molar-refractivity contribution in [1.29, 1.82) is 0 Å². The van der Waals surface area contributed by atoms with Crippen LogP contribution in [0.4, 0.5) is 0 Å². The molecular formula is C24H42N4O2. The van der Waals surface area contributed by atoms with Gasteiger partial charge in [0.1, 0.15) is 12.4 Å². The molecule has 1 unspecified atom stereocenters. The van der Waals surface area contributed by atoms with Crippen molar-refractivity contribution >= 4 is 5.96 Å². The Kier molecular flexibility index (Phi) is 11.6. The number of ether oxygens (including phenoxy) is 2. The van der Waals surface area contributed by atoms with Gasteiger partial charge in [-0.3, -0.25) is 4.99 Å². The Balaban J connectivity index is 1.69. The summed E-state index contributed by atoms with van der Waals surface area (Å²) in [7, 11) is 1.82. The Bertz CT molecular complexity index is 636. The molecule has 1 saturated heterocycles. The van der Waals surface area contributed by atoms with Crippen LogP contribution in [0.3, 0.4) is 0 Å². The third-order valence-corrected chi connectivity index (χ3v) is 5.52. The van der Waals surface area contributed by atoms with Crippen molar-refractivity contribution in [2.24, 2.45) is 10.9 Å². The predicted molar refractivity (Wildman–Crippen MR) is 125 cm³/mol. The van der Waals surface area contributed by atoms with E-state index in [1.165, 1.54) is 44.5 Å². The Morgan fingerprint density at radius 3 is 2.87 bits per heavy atom. The molecule has 1 aliphatic heterocycles. The van der Waals surface area contributed by atoms with Gasteiger partial charge >= 0.3 is 0 Å².